The number of nitrogens with one attached hydrogen (secondary N) is 2. The molecule has 3 aromatic carbocycles. The lowest BCUT2D eigenvalue weighted by Crippen LogP contribution is -2.43. The minimum absolute atomic E-state index is 0.217. The van der Waals surface area contributed by atoms with Crippen molar-refractivity contribution in [3.63, 3.8) is 0 Å². The molecule has 1 aliphatic carbocycles. The zero-order valence-electron chi connectivity index (χ0n) is 30.1. The van der Waals surface area contributed by atoms with Crippen LogP contribution in [0.4, 0.5) is 17.1 Å². The Morgan fingerprint density at radius 3 is 2.27 bits per heavy atom. The zero-order chi connectivity index (χ0) is 37.2. The molecule has 0 aromatic heterocycles. The van der Waals surface area contributed by atoms with Gasteiger partial charge in [0.05, 0.1) is 24.6 Å². The van der Waals surface area contributed by atoms with E-state index in [1.807, 2.05) is 36.4 Å². The maximum atomic E-state index is 13.9. The molecule has 6 rings (SSSR count). The molecule has 14 heteroatoms. The maximum absolute atomic E-state index is 13.9. The second-order valence-electron chi connectivity index (χ2n) is 12.5. The summed E-state index contributed by atoms with van der Waals surface area (Å²) in [4.78, 5) is 2.96. The van der Waals surface area contributed by atoms with Crippen molar-refractivity contribution in [1.82, 2.24) is 9.89 Å². The van der Waals surface area contributed by atoms with Crippen molar-refractivity contribution in [2.24, 2.45) is 0 Å². The molecule has 0 amide bonds. The van der Waals surface area contributed by atoms with Crippen LogP contribution in [0.1, 0.15) is 27.7 Å². The lowest BCUT2D eigenvalue weighted by Gasteiger charge is -2.31. The Labute approximate surface area is 305 Å². The Bertz CT molecular complexity index is 2360. The van der Waals surface area contributed by atoms with E-state index in [2.05, 4.69) is 52.1 Å². The van der Waals surface area contributed by atoms with E-state index in [-0.39, 0.29) is 5.69 Å². The topological polar surface area (TPSA) is 144 Å². The number of piperazine rings is 1. The average molecular weight is 749 g/mol. The van der Waals surface area contributed by atoms with Crippen molar-refractivity contribution in [3.05, 3.63) is 78.2 Å². The van der Waals surface area contributed by atoms with E-state index in [0.717, 1.165) is 50.3 Å². The highest BCUT2D eigenvalue weighted by Gasteiger charge is 2.29. The van der Waals surface area contributed by atoms with Crippen molar-refractivity contribution < 1.29 is 30.5 Å². The third-order valence-corrected chi connectivity index (χ3v) is 12.1. The van der Waals surface area contributed by atoms with Gasteiger partial charge >= 0.3 is 0 Å². The van der Waals surface area contributed by atoms with Crippen LogP contribution in [-0.4, -0.2) is 80.9 Å². The second kappa shape index (κ2) is 15.2. The van der Waals surface area contributed by atoms with Crippen molar-refractivity contribution >= 4 is 48.2 Å². The highest BCUT2D eigenvalue weighted by atomic mass is 32.2. The van der Waals surface area contributed by atoms with Gasteiger partial charge in [0.2, 0.25) is 5.36 Å². The fourth-order valence-electron chi connectivity index (χ4n) is 6.95. The van der Waals surface area contributed by atoms with Gasteiger partial charge in [-0.15, -0.1) is 0 Å². The fraction of sp³-hybridized carbons (Fsp3) is 0.342. The molecule has 0 radical (unpaired) electrons. The van der Waals surface area contributed by atoms with Gasteiger partial charge in [-0.25, -0.2) is 13.0 Å². The highest BCUT2D eigenvalue weighted by molar-refractivity contribution is 7.94. The van der Waals surface area contributed by atoms with E-state index >= 15 is 0 Å². The monoisotopic (exact) mass is 748 g/mol. The number of methoxy groups -OCH3 is 1. The molecule has 1 saturated heterocycles. The molecule has 3 N–H and O–H groups in total. The first-order chi connectivity index (χ1) is 24.9. The van der Waals surface area contributed by atoms with E-state index in [0.29, 0.717) is 57.9 Å². The third kappa shape index (κ3) is 7.33. The number of fused-ring (bicyclic) bond motifs is 2. The molecule has 0 saturated carbocycles. The number of hydrogen-bond acceptors (Lipinski definition) is 9. The predicted molar refractivity (Wildman–Crippen MR) is 207 cm³/mol. The molecule has 12 nitrogen and oxygen atoms in total. The van der Waals surface area contributed by atoms with Crippen molar-refractivity contribution in [2.45, 2.75) is 37.5 Å². The first-order valence-corrected chi connectivity index (χ1v) is 20.5. The maximum Gasteiger partial charge on any atom is 0.295 e. The summed E-state index contributed by atoms with van der Waals surface area (Å²) >= 11 is 0. The van der Waals surface area contributed by atoms with Crippen LogP contribution < -0.4 is 34.5 Å². The lowest BCUT2D eigenvalue weighted by molar-refractivity contribution is 0.413. The van der Waals surface area contributed by atoms with Crippen LogP contribution in [0.25, 0.3) is 33.4 Å². The van der Waals surface area contributed by atoms with E-state index in [9.17, 15) is 21.4 Å². The Morgan fingerprint density at radius 2 is 1.62 bits per heavy atom. The van der Waals surface area contributed by atoms with Gasteiger partial charge < -0.3 is 24.3 Å². The summed E-state index contributed by atoms with van der Waals surface area (Å²) in [5.74, 6) is 1.16. The first kappa shape index (κ1) is 37.1. The zero-order valence-corrected chi connectivity index (χ0v) is 31.8. The minimum Gasteiger partial charge on any atom is -0.495 e. The first-order valence-electron chi connectivity index (χ1n) is 17.5. The summed E-state index contributed by atoms with van der Waals surface area (Å²) in [6.07, 6.45) is 0. The number of ether oxygens (including phenoxy) is 1. The molecule has 276 valence electrons. The minimum atomic E-state index is -5.02. The predicted octanol–water partition coefficient (Wildman–Crippen LogP) is 5.33. The highest BCUT2D eigenvalue weighted by Crippen LogP contribution is 2.42. The number of nitrogens with zero attached hydrogens (tertiary/aromatic N) is 3. The molecular formula is C38H46N5O7S2+. The summed E-state index contributed by atoms with van der Waals surface area (Å²) in [5, 5.41) is 4.96. The van der Waals surface area contributed by atoms with E-state index < -0.39 is 29.9 Å². The Hall–Kier alpha value is -4.63. The molecule has 3 aliphatic rings. The fourth-order valence-corrected chi connectivity index (χ4v) is 9.31. The van der Waals surface area contributed by atoms with Crippen LogP contribution in [0.2, 0.25) is 0 Å². The number of anilines is 3. The second-order valence-corrected chi connectivity index (χ2v) is 15.6. The molecule has 1 fully saturated rings. The van der Waals surface area contributed by atoms with Gasteiger partial charge in [0.1, 0.15) is 40.0 Å². The number of hydrogen-bond donors (Lipinski definition) is 3. The Morgan fingerprint density at radius 1 is 0.885 bits per heavy atom. The van der Waals surface area contributed by atoms with Crippen molar-refractivity contribution in [1.29, 1.82) is 0 Å². The molecule has 2 aliphatic heterocycles. The van der Waals surface area contributed by atoms with Crippen LogP contribution in [0, 0.1) is 0 Å². The van der Waals surface area contributed by atoms with Gasteiger partial charge in [-0.05, 0) is 81.8 Å². The quantitative estimate of drug-likeness (QED) is 0.0871. The molecule has 52 heavy (non-hydrogen) atoms. The van der Waals surface area contributed by atoms with Gasteiger partial charge in [-0.2, -0.15) is 8.42 Å². The summed E-state index contributed by atoms with van der Waals surface area (Å²) in [5.41, 5.74) is 4.21. The summed E-state index contributed by atoms with van der Waals surface area (Å²) in [6, 6.07) is 20.6. The van der Waals surface area contributed by atoms with Gasteiger partial charge in [0.15, 0.2) is 0 Å². The average Bonchev–Trinajstić information content (AvgIpc) is 3.14. The van der Waals surface area contributed by atoms with Crippen LogP contribution in [0.3, 0.4) is 0 Å². The number of benzene rings is 4. The number of sulfonamides is 1. The molecular weight excluding hydrogens is 703 g/mol. The standard InChI is InChI=1S/C38H45N5O7S2/c1-6-41(7-2)28-12-14-30-34(24-28)50-35-25-29(42(8-3)9-4)13-15-31(35)38(30)26-10-17-36(37(22-26)52(46,47)48)51(44,45)40-27-11-16-33(49-5)32(23-27)43-20-18-39-19-21-43/h10-17,22-25,39-40H,6-9,18-21H2,1-5H3/p+1. The summed E-state index contributed by atoms with van der Waals surface area (Å²) < 4.78 is 81.1. The molecule has 0 unspecified atom stereocenters. The normalized spacial score (nSPS) is 13.8. The van der Waals surface area contributed by atoms with Gasteiger partial charge in [0.25, 0.3) is 20.1 Å². The molecule has 2 heterocycles. The SMILES string of the molecule is CCN(CC)c1ccc2c(-c3ccc(S(=O)(=O)Nc4ccc(OC)c(N5CCNCC5)c4)c(S(=O)(=O)O)c3)c3ccc(=[N+](CC)CC)cc-3oc2c1. The largest absolute Gasteiger partial charge is 0.495 e. The van der Waals surface area contributed by atoms with Crippen LogP contribution in [0.15, 0.2) is 87.0 Å². The summed E-state index contributed by atoms with van der Waals surface area (Å²) in [6.45, 7) is 14.4. The molecule has 0 bridgehead atoms. The van der Waals surface area contributed by atoms with E-state index in [4.69, 9.17) is 9.15 Å². The van der Waals surface area contributed by atoms with Crippen LogP contribution in [-0.2, 0) is 20.1 Å². The molecule has 0 atom stereocenters. The van der Waals surface area contributed by atoms with Crippen LogP contribution >= 0.6 is 0 Å². The van der Waals surface area contributed by atoms with Gasteiger partial charge in [-0.1, -0.05) is 6.07 Å². The smallest absolute Gasteiger partial charge is 0.295 e. The number of rotatable bonds is 12. The molecule has 3 aromatic rings. The van der Waals surface area contributed by atoms with Crippen LogP contribution in [0.5, 0.6) is 5.75 Å². The van der Waals surface area contributed by atoms with E-state index in [1.165, 1.54) is 12.1 Å². The van der Waals surface area contributed by atoms with Crippen molar-refractivity contribution in [2.75, 3.05) is 74.0 Å². The van der Waals surface area contributed by atoms with Crippen molar-refractivity contribution in [3.8, 4) is 28.2 Å². The Balaban J connectivity index is 1.52. The summed E-state index contributed by atoms with van der Waals surface area (Å²) in [7, 11) is -7.99. The van der Waals surface area contributed by atoms with Gasteiger partial charge in [-0.3, -0.25) is 9.27 Å². The lowest BCUT2D eigenvalue weighted by atomic mass is 9.93. The Kier molecular flexibility index (Phi) is 10.8. The third-order valence-electron chi connectivity index (χ3n) is 9.63. The molecule has 0 spiro atoms. The van der Waals surface area contributed by atoms with Gasteiger partial charge in [0, 0.05) is 73.6 Å². The van der Waals surface area contributed by atoms with E-state index in [1.54, 1.807) is 31.4 Å².